The maximum Gasteiger partial charge on any atom is 0.259 e. The molecule has 1 aliphatic rings. The summed E-state index contributed by atoms with van der Waals surface area (Å²) in [6.45, 7) is 2.29. The van der Waals surface area contributed by atoms with Gasteiger partial charge in [0.1, 0.15) is 0 Å². The second-order valence-electron chi connectivity index (χ2n) is 7.29. The Morgan fingerprint density at radius 2 is 1.81 bits per heavy atom. The first-order valence-electron chi connectivity index (χ1n) is 9.68. The molecule has 0 saturated heterocycles. The second-order valence-corrected chi connectivity index (χ2v) is 7.29. The number of benzene rings is 1. The Morgan fingerprint density at radius 1 is 1.00 bits per heavy atom. The molecule has 4 nitrogen and oxygen atoms in total. The van der Waals surface area contributed by atoms with Gasteiger partial charge in [0.2, 0.25) is 5.82 Å². The molecule has 1 aromatic carbocycles. The van der Waals surface area contributed by atoms with Gasteiger partial charge in [0.05, 0.1) is 5.56 Å². The van der Waals surface area contributed by atoms with Crippen molar-refractivity contribution in [1.29, 1.82) is 0 Å². The Hall–Kier alpha value is -2.49. The molecule has 0 bridgehead atoms. The maximum absolute atomic E-state index is 5.39. The number of hydrogen-bond donors (Lipinski definition) is 0. The molecular weight excluding hydrogens is 322 g/mol. The summed E-state index contributed by atoms with van der Waals surface area (Å²) in [6, 6.07) is 12.5. The lowest BCUT2D eigenvalue weighted by molar-refractivity contribution is 0.308. The highest BCUT2D eigenvalue weighted by Crippen LogP contribution is 2.37. The van der Waals surface area contributed by atoms with E-state index in [0.717, 1.165) is 17.0 Å². The Morgan fingerprint density at radius 3 is 2.50 bits per heavy atom. The standard InChI is InChI=1S/C22H25N3O/c1-2-4-16-6-8-17(9-7-16)18-10-12-19(13-11-18)21-24-22(26-25-21)20-5-3-14-23-15-20/h3,5,10-17H,2,4,6-9H2,1H3. The first-order chi connectivity index (χ1) is 12.8. The fraction of sp³-hybridized carbons (Fsp3) is 0.409. The Kier molecular flexibility index (Phi) is 5.09. The summed E-state index contributed by atoms with van der Waals surface area (Å²) in [4.78, 5) is 8.60. The quantitative estimate of drug-likeness (QED) is 0.579. The minimum absolute atomic E-state index is 0.506. The lowest BCUT2D eigenvalue weighted by Gasteiger charge is -2.28. The minimum atomic E-state index is 0.506. The third-order valence-corrected chi connectivity index (χ3v) is 5.52. The number of rotatable bonds is 5. The lowest BCUT2D eigenvalue weighted by Crippen LogP contribution is -2.13. The smallest absolute Gasteiger partial charge is 0.259 e. The highest BCUT2D eigenvalue weighted by atomic mass is 16.5. The first kappa shape index (κ1) is 17.0. The van der Waals surface area contributed by atoms with Crippen molar-refractivity contribution >= 4 is 0 Å². The van der Waals surface area contributed by atoms with Crippen LogP contribution in [-0.4, -0.2) is 15.1 Å². The van der Waals surface area contributed by atoms with Crippen molar-refractivity contribution in [3.63, 3.8) is 0 Å². The van der Waals surface area contributed by atoms with Crippen LogP contribution in [0.2, 0.25) is 0 Å². The van der Waals surface area contributed by atoms with Crippen molar-refractivity contribution in [3.8, 4) is 22.8 Å². The van der Waals surface area contributed by atoms with Crippen molar-refractivity contribution < 1.29 is 4.52 Å². The third kappa shape index (κ3) is 3.69. The summed E-state index contributed by atoms with van der Waals surface area (Å²) in [5, 5.41) is 4.12. The molecule has 0 spiro atoms. The molecular formula is C22H25N3O. The van der Waals surface area contributed by atoms with E-state index in [2.05, 4.69) is 46.3 Å². The van der Waals surface area contributed by atoms with Crippen LogP contribution < -0.4 is 0 Å². The van der Waals surface area contributed by atoms with Crippen molar-refractivity contribution in [2.24, 2.45) is 5.92 Å². The van der Waals surface area contributed by atoms with E-state index in [-0.39, 0.29) is 0 Å². The predicted octanol–water partition coefficient (Wildman–Crippen LogP) is 5.87. The van der Waals surface area contributed by atoms with E-state index in [1.54, 1.807) is 12.4 Å². The summed E-state index contributed by atoms with van der Waals surface area (Å²) < 4.78 is 5.39. The second kappa shape index (κ2) is 7.81. The van der Waals surface area contributed by atoms with Gasteiger partial charge in [-0.05, 0) is 55.2 Å². The van der Waals surface area contributed by atoms with Crippen LogP contribution in [0.25, 0.3) is 22.8 Å². The predicted molar refractivity (Wildman–Crippen MR) is 103 cm³/mol. The molecule has 4 heteroatoms. The number of aromatic nitrogens is 3. The highest BCUT2D eigenvalue weighted by molar-refractivity contribution is 5.59. The van der Waals surface area contributed by atoms with Crippen molar-refractivity contribution in [2.45, 2.75) is 51.4 Å². The van der Waals surface area contributed by atoms with Gasteiger partial charge >= 0.3 is 0 Å². The van der Waals surface area contributed by atoms with Gasteiger partial charge in [-0.2, -0.15) is 4.98 Å². The van der Waals surface area contributed by atoms with Gasteiger partial charge in [-0.1, -0.05) is 49.2 Å². The van der Waals surface area contributed by atoms with Gasteiger partial charge in [-0.25, -0.2) is 0 Å². The fourth-order valence-corrected chi connectivity index (χ4v) is 4.04. The zero-order valence-corrected chi connectivity index (χ0v) is 15.3. The van der Waals surface area contributed by atoms with Gasteiger partial charge in [-0.3, -0.25) is 4.98 Å². The van der Waals surface area contributed by atoms with E-state index >= 15 is 0 Å². The first-order valence-corrected chi connectivity index (χ1v) is 9.68. The summed E-state index contributed by atoms with van der Waals surface area (Å²) in [6.07, 6.45) is 11.6. The molecule has 2 aromatic heterocycles. The fourth-order valence-electron chi connectivity index (χ4n) is 4.04. The molecule has 0 atom stereocenters. The van der Waals surface area contributed by atoms with Crippen LogP contribution in [0.3, 0.4) is 0 Å². The number of nitrogens with zero attached hydrogens (tertiary/aromatic N) is 3. The Balaban J connectivity index is 1.45. The van der Waals surface area contributed by atoms with E-state index in [0.29, 0.717) is 17.6 Å². The molecule has 3 aromatic rings. The summed E-state index contributed by atoms with van der Waals surface area (Å²) in [5.74, 6) is 2.78. The van der Waals surface area contributed by atoms with E-state index in [1.807, 2.05) is 12.1 Å². The molecule has 1 fully saturated rings. The lowest BCUT2D eigenvalue weighted by atomic mass is 9.77. The van der Waals surface area contributed by atoms with Gasteiger partial charge in [0.25, 0.3) is 5.89 Å². The van der Waals surface area contributed by atoms with Crippen molar-refractivity contribution in [2.75, 3.05) is 0 Å². The minimum Gasteiger partial charge on any atom is -0.334 e. The molecule has 0 N–H and O–H groups in total. The van der Waals surface area contributed by atoms with Crippen LogP contribution >= 0.6 is 0 Å². The van der Waals surface area contributed by atoms with E-state index in [9.17, 15) is 0 Å². The molecule has 0 amide bonds. The normalized spacial score (nSPS) is 20.2. The monoisotopic (exact) mass is 347 g/mol. The largest absolute Gasteiger partial charge is 0.334 e. The molecule has 2 heterocycles. The summed E-state index contributed by atoms with van der Waals surface area (Å²) in [5.41, 5.74) is 3.28. The topological polar surface area (TPSA) is 51.8 Å². The molecule has 26 heavy (non-hydrogen) atoms. The van der Waals surface area contributed by atoms with Gasteiger partial charge in [0, 0.05) is 18.0 Å². The van der Waals surface area contributed by atoms with Crippen LogP contribution in [0.4, 0.5) is 0 Å². The zero-order valence-electron chi connectivity index (χ0n) is 15.3. The average Bonchev–Trinajstić information content (AvgIpc) is 3.20. The summed E-state index contributed by atoms with van der Waals surface area (Å²) >= 11 is 0. The highest BCUT2D eigenvalue weighted by Gasteiger charge is 2.22. The summed E-state index contributed by atoms with van der Waals surface area (Å²) in [7, 11) is 0. The number of pyridine rings is 1. The average molecular weight is 347 g/mol. The molecule has 1 aliphatic carbocycles. The van der Waals surface area contributed by atoms with Crippen molar-refractivity contribution in [1.82, 2.24) is 15.1 Å². The third-order valence-electron chi connectivity index (χ3n) is 5.52. The van der Waals surface area contributed by atoms with Crippen LogP contribution in [0.1, 0.15) is 56.9 Å². The number of hydrogen-bond acceptors (Lipinski definition) is 4. The molecule has 0 radical (unpaired) electrons. The Labute approximate surface area is 154 Å². The van der Waals surface area contributed by atoms with E-state index in [1.165, 1.54) is 44.1 Å². The van der Waals surface area contributed by atoms with Crippen LogP contribution in [0.5, 0.6) is 0 Å². The maximum atomic E-state index is 5.39. The van der Waals surface area contributed by atoms with Crippen LogP contribution in [-0.2, 0) is 0 Å². The van der Waals surface area contributed by atoms with Crippen molar-refractivity contribution in [3.05, 3.63) is 54.4 Å². The zero-order chi connectivity index (χ0) is 17.8. The molecule has 0 aliphatic heterocycles. The van der Waals surface area contributed by atoms with Gasteiger partial charge in [0.15, 0.2) is 0 Å². The van der Waals surface area contributed by atoms with E-state index in [4.69, 9.17) is 4.52 Å². The molecule has 1 saturated carbocycles. The van der Waals surface area contributed by atoms with E-state index < -0.39 is 0 Å². The molecule has 4 rings (SSSR count). The SMILES string of the molecule is CCCC1CCC(c2ccc(-c3noc(-c4cccnc4)n3)cc2)CC1. The molecule has 134 valence electrons. The van der Waals surface area contributed by atoms with Crippen LogP contribution in [0.15, 0.2) is 53.3 Å². The van der Waals surface area contributed by atoms with Gasteiger partial charge in [-0.15, -0.1) is 0 Å². The van der Waals surface area contributed by atoms with Crippen LogP contribution in [0, 0.1) is 5.92 Å². The van der Waals surface area contributed by atoms with Gasteiger partial charge < -0.3 is 4.52 Å². The Bertz CT molecular complexity index is 818. The molecule has 0 unspecified atom stereocenters.